The van der Waals surface area contributed by atoms with E-state index in [4.69, 9.17) is 13.9 Å². The minimum atomic E-state index is -0.742. The maximum atomic E-state index is 12.2. The fraction of sp³-hybridized carbons (Fsp3) is 0.111. The van der Waals surface area contributed by atoms with E-state index in [9.17, 15) is 25.0 Å². The van der Waals surface area contributed by atoms with Crippen LogP contribution in [0.15, 0.2) is 45.9 Å². The molecule has 0 unspecified atom stereocenters. The van der Waals surface area contributed by atoms with Crippen molar-refractivity contribution in [3.8, 4) is 11.5 Å². The summed E-state index contributed by atoms with van der Waals surface area (Å²) in [7, 11) is 2.72. The van der Waals surface area contributed by atoms with Crippen LogP contribution in [0.4, 0.5) is 11.4 Å². The Morgan fingerprint density at radius 2 is 1.77 bits per heavy atom. The van der Waals surface area contributed by atoms with Gasteiger partial charge in [-0.05, 0) is 18.2 Å². The molecule has 1 aromatic heterocycles. The lowest BCUT2D eigenvalue weighted by Gasteiger charge is -2.08. The van der Waals surface area contributed by atoms with Crippen LogP contribution >= 0.6 is 0 Å². The number of hydrazone groups is 1. The molecule has 0 aliphatic carbocycles. The maximum absolute atomic E-state index is 12.2. The van der Waals surface area contributed by atoms with Crippen molar-refractivity contribution in [2.24, 2.45) is 5.10 Å². The SMILES string of the molecule is COc1cc(/C=N\NC(=O)c2cc3cc([N+](=O)[O-])ccc3o2)c([N+](=O)[O-])cc1OC. The first-order valence-corrected chi connectivity index (χ1v) is 8.26. The number of rotatable bonds is 7. The lowest BCUT2D eigenvalue weighted by atomic mass is 10.1. The fourth-order valence-electron chi connectivity index (χ4n) is 2.62. The summed E-state index contributed by atoms with van der Waals surface area (Å²) in [6.45, 7) is 0. The summed E-state index contributed by atoms with van der Waals surface area (Å²) in [5.41, 5.74) is 2.09. The number of benzene rings is 2. The molecule has 2 aromatic carbocycles. The maximum Gasteiger partial charge on any atom is 0.307 e. The van der Waals surface area contributed by atoms with Gasteiger partial charge < -0.3 is 13.9 Å². The third-order valence-corrected chi connectivity index (χ3v) is 4.03. The number of furan rings is 1. The minimum Gasteiger partial charge on any atom is -0.493 e. The number of fused-ring (bicyclic) bond motifs is 1. The first-order valence-electron chi connectivity index (χ1n) is 8.26. The monoisotopic (exact) mass is 414 g/mol. The highest BCUT2D eigenvalue weighted by molar-refractivity contribution is 5.97. The summed E-state index contributed by atoms with van der Waals surface area (Å²) in [4.78, 5) is 33.2. The molecule has 1 N–H and O–H groups in total. The number of nitro groups is 2. The quantitative estimate of drug-likeness (QED) is 0.351. The van der Waals surface area contributed by atoms with Crippen LogP contribution in [-0.4, -0.2) is 36.2 Å². The van der Waals surface area contributed by atoms with Crippen LogP contribution in [0.25, 0.3) is 11.0 Å². The van der Waals surface area contributed by atoms with E-state index < -0.39 is 15.8 Å². The number of hydrogen-bond donors (Lipinski definition) is 1. The highest BCUT2D eigenvalue weighted by atomic mass is 16.6. The summed E-state index contributed by atoms with van der Waals surface area (Å²) >= 11 is 0. The molecule has 1 heterocycles. The van der Waals surface area contributed by atoms with E-state index in [0.717, 1.165) is 6.21 Å². The Bertz CT molecular complexity index is 1180. The van der Waals surface area contributed by atoms with Crippen molar-refractivity contribution < 1.29 is 28.5 Å². The lowest BCUT2D eigenvalue weighted by molar-refractivity contribution is -0.385. The van der Waals surface area contributed by atoms with Gasteiger partial charge in [-0.1, -0.05) is 0 Å². The summed E-state index contributed by atoms with van der Waals surface area (Å²) in [6.07, 6.45) is 1.07. The molecule has 0 bridgehead atoms. The van der Waals surface area contributed by atoms with Crippen molar-refractivity contribution in [3.63, 3.8) is 0 Å². The average molecular weight is 414 g/mol. The number of nitro benzene ring substituents is 2. The molecule has 3 aromatic rings. The van der Waals surface area contributed by atoms with Crippen molar-refractivity contribution >= 4 is 34.5 Å². The molecular formula is C18H14N4O8. The molecule has 12 nitrogen and oxygen atoms in total. The van der Waals surface area contributed by atoms with Crippen LogP contribution in [-0.2, 0) is 0 Å². The molecule has 0 atom stereocenters. The Morgan fingerprint density at radius 3 is 2.40 bits per heavy atom. The van der Waals surface area contributed by atoms with E-state index in [-0.39, 0.29) is 39.8 Å². The Morgan fingerprint density at radius 1 is 1.07 bits per heavy atom. The van der Waals surface area contributed by atoms with Crippen LogP contribution in [0.5, 0.6) is 11.5 Å². The van der Waals surface area contributed by atoms with E-state index >= 15 is 0 Å². The zero-order chi connectivity index (χ0) is 21.8. The van der Waals surface area contributed by atoms with Gasteiger partial charge in [0.15, 0.2) is 17.3 Å². The van der Waals surface area contributed by atoms with E-state index in [1.54, 1.807) is 0 Å². The number of carbonyl (C=O) groups excluding carboxylic acids is 1. The molecule has 0 fully saturated rings. The molecule has 0 aliphatic heterocycles. The number of amides is 1. The van der Waals surface area contributed by atoms with Gasteiger partial charge in [-0.25, -0.2) is 5.43 Å². The number of hydrogen-bond acceptors (Lipinski definition) is 9. The van der Waals surface area contributed by atoms with Crippen molar-refractivity contribution in [2.45, 2.75) is 0 Å². The highest BCUT2D eigenvalue weighted by Gasteiger charge is 2.19. The number of ether oxygens (including phenoxy) is 2. The van der Waals surface area contributed by atoms with E-state index in [1.165, 1.54) is 50.6 Å². The van der Waals surface area contributed by atoms with E-state index in [2.05, 4.69) is 10.5 Å². The molecule has 12 heteroatoms. The normalized spacial score (nSPS) is 10.9. The van der Waals surface area contributed by atoms with Gasteiger partial charge in [-0.3, -0.25) is 25.0 Å². The second kappa shape index (κ2) is 8.26. The Kier molecular flexibility index (Phi) is 5.58. The van der Waals surface area contributed by atoms with Crippen LogP contribution in [0.3, 0.4) is 0 Å². The third-order valence-electron chi connectivity index (χ3n) is 4.03. The second-order valence-electron chi connectivity index (χ2n) is 5.81. The lowest BCUT2D eigenvalue weighted by Crippen LogP contribution is -2.16. The molecule has 0 aliphatic rings. The van der Waals surface area contributed by atoms with Crippen LogP contribution in [0, 0.1) is 20.2 Å². The minimum absolute atomic E-state index is 0.0678. The summed E-state index contributed by atoms with van der Waals surface area (Å²) in [5, 5.41) is 26.2. The van der Waals surface area contributed by atoms with E-state index in [0.29, 0.717) is 5.39 Å². The highest BCUT2D eigenvalue weighted by Crippen LogP contribution is 2.33. The van der Waals surface area contributed by atoms with Gasteiger partial charge in [0.05, 0.1) is 41.9 Å². The van der Waals surface area contributed by atoms with Crippen LogP contribution in [0.2, 0.25) is 0 Å². The molecule has 30 heavy (non-hydrogen) atoms. The van der Waals surface area contributed by atoms with Crippen LogP contribution < -0.4 is 14.9 Å². The molecule has 1 amide bonds. The van der Waals surface area contributed by atoms with Gasteiger partial charge in [-0.15, -0.1) is 0 Å². The summed E-state index contributed by atoms with van der Waals surface area (Å²) in [6, 6.07) is 7.74. The molecule has 0 saturated heterocycles. The summed E-state index contributed by atoms with van der Waals surface area (Å²) < 4.78 is 15.5. The number of non-ortho nitro benzene ring substituents is 1. The smallest absolute Gasteiger partial charge is 0.307 e. The Balaban J connectivity index is 1.82. The van der Waals surface area contributed by atoms with Crippen molar-refractivity contribution in [3.05, 3.63) is 68.0 Å². The van der Waals surface area contributed by atoms with Gasteiger partial charge in [-0.2, -0.15) is 5.10 Å². The largest absolute Gasteiger partial charge is 0.493 e. The van der Waals surface area contributed by atoms with Gasteiger partial charge in [0.1, 0.15) is 5.58 Å². The molecule has 0 spiro atoms. The Hall–Kier alpha value is -4.48. The standard InChI is InChI=1S/C18H14N4O8/c1-28-15-7-11(13(22(26)27)8-16(15)29-2)9-19-20-18(23)17-6-10-5-12(21(24)25)3-4-14(10)30-17/h3-9H,1-2H3,(H,20,23)/b19-9-. The van der Waals surface area contributed by atoms with Gasteiger partial charge in [0, 0.05) is 17.5 Å². The molecular weight excluding hydrogens is 400 g/mol. The topological polar surface area (TPSA) is 159 Å². The molecule has 0 radical (unpaired) electrons. The average Bonchev–Trinajstić information content (AvgIpc) is 3.16. The number of carbonyl (C=O) groups is 1. The van der Waals surface area contributed by atoms with Gasteiger partial charge >= 0.3 is 5.91 Å². The zero-order valence-electron chi connectivity index (χ0n) is 15.6. The van der Waals surface area contributed by atoms with E-state index in [1.807, 2.05) is 0 Å². The number of methoxy groups -OCH3 is 2. The van der Waals surface area contributed by atoms with Crippen molar-refractivity contribution in [1.29, 1.82) is 0 Å². The first-order chi connectivity index (χ1) is 14.3. The van der Waals surface area contributed by atoms with Gasteiger partial charge in [0.25, 0.3) is 11.4 Å². The molecule has 154 valence electrons. The third kappa shape index (κ3) is 4.01. The second-order valence-corrected chi connectivity index (χ2v) is 5.81. The number of nitrogens with zero attached hydrogens (tertiary/aromatic N) is 3. The van der Waals surface area contributed by atoms with Crippen LogP contribution in [0.1, 0.15) is 16.1 Å². The summed E-state index contributed by atoms with van der Waals surface area (Å²) in [5.74, 6) is -0.464. The first kappa shape index (κ1) is 20.3. The fourth-order valence-corrected chi connectivity index (χ4v) is 2.62. The van der Waals surface area contributed by atoms with Crippen molar-refractivity contribution in [1.82, 2.24) is 5.43 Å². The number of nitrogens with one attached hydrogen (secondary N) is 1. The predicted octanol–water partition coefficient (Wildman–Crippen LogP) is 3.03. The molecule has 3 rings (SSSR count). The predicted molar refractivity (Wildman–Crippen MR) is 104 cm³/mol. The zero-order valence-corrected chi connectivity index (χ0v) is 15.6. The van der Waals surface area contributed by atoms with Gasteiger partial charge in [0.2, 0.25) is 0 Å². The molecule has 0 saturated carbocycles. The Labute approximate surface area is 168 Å². The van der Waals surface area contributed by atoms with Crippen molar-refractivity contribution in [2.75, 3.05) is 14.2 Å².